The van der Waals surface area contributed by atoms with Gasteiger partial charge in [-0.25, -0.2) is 0 Å². The topological polar surface area (TPSA) is 462 Å². The summed E-state index contributed by atoms with van der Waals surface area (Å²) >= 11 is 0. The maximum atomic E-state index is 12.6. The van der Waals surface area contributed by atoms with E-state index in [9.17, 15) is 93.1 Å². The molecule has 0 amide bonds. The van der Waals surface area contributed by atoms with E-state index in [4.69, 9.17) is 5.73 Å². The zero-order valence-corrected chi connectivity index (χ0v) is 34.4. The third-order valence-electron chi connectivity index (χ3n) is 8.54. The summed E-state index contributed by atoms with van der Waals surface area (Å²) in [5.41, 5.74) is 1.07. The highest BCUT2D eigenvalue weighted by atomic mass is 32.2. The van der Waals surface area contributed by atoms with Crippen molar-refractivity contribution in [2.45, 2.75) is 29.4 Å². The number of hydrogen-bond acceptors (Lipinski definition) is 20. The summed E-state index contributed by atoms with van der Waals surface area (Å²) in [7, 11) is -32.5. The number of fused-ring (bicyclic) bond motifs is 3. The molecule has 0 saturated heterocycles. The molecule has 0 fully saturated rings. The Morgan fingerprint density at radius 3 is 1.19 bits per heavy atom. The number of hydrogen-bond donors (Lipinski definition) is 10. The average molecular weight is 980 g/mol. The number of nitrogens with two attached hydrogens (primary N) is 1. The van der Waals surface area contributed by atoms with E-state index in [1.807, 2.05) is 0 Å². The number of phenolic OH excluding ortho intramolecular Hbond substituents is 3. The Kier molecular flexibility index (Phi) is 10.9. The van der Waals surface area contributed by atoms with E-state index >= 15 is 0 Å². The molecular formula is C30H21N5O21S6. The van der Waals surface area contributed by atoms with Crippen LogP contribution in [-0.2, 0) is 60.7 Å². The largest absolute Gasteiger partial charge is 0.507 e. The minimum atomic E-state index is -5.66. The van der Waals surface area contributed by atoms with Gasteiger partial charge in [0.15, 0.2) is 5.75 Å². The lowest BCUT2D eigenvalue weighted by Crippen LogP contribution is -2.04. The highest BCUT2D eigenvalue weighted by Crippen LogP contribution is 2.49. The van der Waals surface area contributed by atoms with E-state index in [1.165, 1.54) is 0 Å². The molecule has 0 saturated carbocycles. The summed E-state index contributed by atoms with van der Waals surface area (Å²) in [4.78, 5) is -7.56. The van der Waals surface area contributed by atoms with Crippen molar-refractivity contribution < 1.29 is 93.1 Å². The molecule has 0 heterocycles. The van der Waals surface area contributed by atoms with Gasteiger partial charge in [-0.15, -0.1) is 20.5 Å². The molecule has 0 spiro atoms. The Morgan fingerprint density at radius 2 is 0.806 bits per heavy atom. The maximum Gasteiger partial charge on any atom is 0.297 e. The lowest BCUT2D eigenvalue weighted by molar-refractivity contribution is 0.470. The van der Waals surface area contributed by atoms with Gasteiger partial charge in [0.05, 0.1) is 20.9 Å². The number of phenols is 3. The third-order valence-corrected chi connectivity index (χ3v) is 13.9. The number of benzene rings is 6. The smallest absolute Gasteiger partial charge is 0.297 e. The first kappa shape index (κ1) is 45.5. The molecule has 32 heteroatoms. The average Bonchev–Trinajstić information content (AvgIpc) is 3.10. The Morgan fingerprint density at radius 1 is 0.403 bits per heavy atom. The molecule has 0 atom stereocenters. The molecule has 0 unspecified atom stereocenters. The van der Waals surface area contributed by atoms with E-state index in [2.05, 4.69) is 20.5 Å². The van der Waals surface area contributed by atoms with Gasteiger partial charge in [-0.3, -0.25) is 27.3 Å². The fourth-order valence-electron chi connectivity index (χ4n) is 6.01. The summed E-state index contributed by atoms with van der Waals surface area (Å²) in [6, 6.07) is 6.05. The summed E-state index contributed by atoms with van der Waals surface area (Å²) in [5, 5.41) is 41.8. The van der Waals surface area contributed by atoms with Crippen LogP contribution >= 0.6 is 0 Å². The van der Waals surface area contributed by atoms with Crippen LogP contribution in [0.3, 0.4) is 0 Å². The number of aromatic hydroxyl groups is 3. The van der Waals surface area contributed by atoms with Crippen LogP contribution in [0.25, 0.3) is 32.3 Å². The second kappa shape index (κ2) is 14.8. The summed E-state index contributed by atoms with van der Waals surface area (Å²) in [6.07, 6.45) is 0. The van der Waals surface area contributed by atoms with Gasteiger partial charge >= 0.3 is 0 Å². The van der Waals surface area contributed by atoms with Crippen LogP contribution in [-0.4, -0.2) is 93.1 Å². The Bertz CT molecular complexity index is 3780. The number of nitrogen functional groups attached to an aromatic ring is 1. The molecule has 6 aromatic carbocycles. The molecule has 0 aliphatic carbocycles. The zero-order chi connectivity index (χ0) is 46.4. The van der Waals surface area contributed by atoms with Crippen LogP contribution in [0.1, 0.15) is 0 Å². The third kappa shape index (κ3) is 8.43. The van der Waals surface area contributed by atoms with Crippen molar-refractivity contribution in [3.8, 4) is 17.2 Å². The van der Waals surface area contributed by atoms with Gasteiger partial charge in [-0.05, 0) is 48.5 Å². The van der Waals surface area contributed by atoms with Crippen molar-refractivity contribution in [1.82, 2.24) is 0 Å². The van der Waals surface area contributed by atoms with E-state index < -0.39 is 168 Å². The minimum Gasteiger partial charge on any atom is -0.507 e. The molecule has 0 radical (unpaired) electrons. The Balaban J connectivity index is 1.66. The number of anilines is 1. The van der Waals surface area contributed by atoms with Crippen molar-refractivity contribution in [1.29, 1.82) is 0 Å². The van der Waals surface area contributed by atoms with Crippen LogP contribution in [0.4, 0.5) is 28.4 Å². The molecule has 328 valence electrons. The minimum absolute atomic E-state index is 0.276. The predicted molar refractivity (Wildman–Crippen MR) is 208 cm³/mol. The quantitative estimate of drug-likeness (QED) is 0.0523. The first-order valence-corrected chi connectivity index (χ1v) is 24.2. The number of nitrogens with zero attached hydrogens (tertiary/aromatic N) is 4. The van der Waals surface area contributed by atoms with Gasteiger partial charge in [0, 0.05) is 39.1 Å². The summed E-state index contributed by atoms with van der Waals surface area (Å²) < 4.78 is 207. The van der Waals surface area contributed by atoms with Crippen molar-refractivity contribution in [2.24, 2.45) is 20.5 Å². The number of rotatable bonds is 10. The van der Waals surface area contributed by atoms with Crippen molar-refractivity contribution >= 4 is 121 Å². The van der Waals surface area contributed by atoms with Gasteiger partial charge in [0.25, 0.3) is 60.7 Å². The van der Waals surface area contributed by atoms with Gasteiger partial charge in [-0.1, -0.05) is 0 Å². The fraction of sp³-hybridized carbons (Fsp3) is 0. The van der Waals surface area contributed by atoms with Gasteiger partial charge in [0.2, 0.25) is 0 Å². The summed E-state index contributed by atoms with van der Waals surface area (Å²) in [5.74, 6) is -3.38. The van der Waals surface area contributed by atoms with Gasteiger partial charge in [0.1, 0.15) is 53.8 Å². The van der Waals surface area contributed by atoms with Crippen LogP contribution in [0.15, 0.2) is 110 Å². The van der Waals surface area contributed by atoms with Crippen molar-refractivity contribution in [2.75, 3.05) is 5.73 Å². The lowest BCUT2D eigenvalue weighted by atomic mass is 10.0. The molecule has 0 aliphatic heterocycles. The highest BCUT2D eigenvalue weighted by molar-refractivity contribution is 7.87. The fourth-order valence-corrected chi connectivity index (χ4v) is 10.1. The van der Waals surface area contributed by atoms with E-state index in [0.29, 0.717) is 30.3 Å². The molecule has 6 aromatic rings. The second-order valence-electron chi connectivity index (χ2n) is 12.5. The van der Waals surface area contributed by atoms with Crippen molar-refractivity contribution in [3.05, 3.63) is 60.7 Å². The second-order valence-corrected chi connectivity index (χ2v) is 20.8. The Hall–Kier alpha value is -6.04. The molecule has 0 aliphatic rings. The molecule has 0 bridgehead atoms. The Labute approximate surface area is 346 Å². The van der Waals surface area contributed by atoms with E-state index in [1.54, 1.807) is 0 Å². The first-order valence-electron chi connectivity index (χ1n) is 15.6. The molecular weight excluding hydrogens is 959 g/mol. The lowest BCUT2D eigenvalue weighted by Gasteiger charge is -2.15. The standard InChI is InChI=1S/C30H21N5O21S6/c31-26-20(34-32-18-3-1-13-15(29(18)61(51,52)53)5-11(7-21(13)36)57(39,40)41)10-23(59(45,46)47)17-9-24(60(48,49)50)27(28(38)25(17)26)35-33-19-4-2-14-16(30(19)62(54,55)56)6-12(8-22(14)37)58(42,43)44/h1-10,36-38H,31H2,(H,39,40,41)(H,42,43,44)(H,45,46,47)(H,48,49,50)(H,51,52,53)(H,54,55,56). The van der Waals surface area contributed by atoms with E-state index in [0.717, 1.165) is 24.3 Å². The predicted octanol–water partition coefficient (Wildman–Crippen LogP) is 4.16. The zero-order valence-electron chi connectivity index (χ0n) is 29.5. The van der Waals surface area contributed by atoms with E-state index in [-0.39, 0.29) is 6.07 Å². The molecule has 26 nitrogen and oxygen atoms in total. The van der Waals surface area contributed by atoms with Crippen molar-refractivity contribution in [3.63, 3.8) is 0 Å². The normalized spacial score (nSPS) is 13.6. The molecule has 11 N–H and O–H groups in total. The molecule has 62 heavy (non-hydrogen) atoms. The molecule has 0 aromatic heterocycles. The first-order chi connectivity index (χ1) is 28.2. The van der Waals surface area contributed by atoms with Gasteiger partial charge in [-0.2, -0.15) is 50.5 Å². The maximum absolute atomic E-state index is 12.6. The van der Waals surface area contributed by atoms with Crippen LogP contribution < -0.4 is 5.73 Å². The SMILES string of the molecule is Nc1c(N=Nc2ccc3c(O)cc(S(=O)(=O)O)cc3c2S(=O)(=O)O)cc(S(=O)(=O)O)c2cc(S(=O)(=O)O)c(N=Nc3ccc4c(O)cc(S(=O)(=O)O)cc4c3S(=O)(=O)O)c(O)c12. The number of azo groups is 2. The van der Waals surface area contributed by atoms with Crippen LogP contribution in [0.5, 0.6) is 17.2 Å². The molecule has 6 rings (SSSR count). The monoisotopic (exact) mass is 979 g/mol. The highest BCUT2D eigenvalue weighted by Gasteiger charge is 2.30. The summed E-state index contributed by atoms with van der Waals surface area (Å²) in [6.45, 7) is 0. The van der Waals surface area contributed by atoms with Crippen LogP contribution in [0, 0.1) is 0 Å². The van der Waals surface area contributed by atoms with Gasteiger partial charge < -0.3 is 21.1 Å². The van der Waals surface area contributed by atoms with Crippen LogP contribution in [0.2, 0.25) is 0 Å².